The lowest BCUT2D eigenvalue weighted by molar-refractivity contribution is 0.102. The highest BCUT2D eigenvalue weighted by molar-refractivity contribution is 9.10. The topological polar surface area (TPSA) is 55.1 Å². The number of carbonyl (C=O) groups is 1. The van der Waals surface area contributed by atoms with Crippen LogP contribution in [0, 0.1) is 11.6 Å². The van der Waals surface area contributed by atoms with Crippen LogP contribution in [-0.4, -0.2) is 5.91 Å². The molecule has 0 aromatic heterocycles. The number of carbonyl (C=O) groups excluding carboxylic acids is 1. The van der Waals surface area contributed by atoms with Crippen molar-refractivity contribution in [3.8, 4) is 0 Å². The smallest absolute Gasteiger partial charge is 0.257 e. The molecule has 0 spiro atoms. The summed E-state index contributed by atoms with van der Waals surface area (Å²) in [6, 6.07) is 6.29. The van der Waals surface area contributed by atoms with E-state index < -0.39 is 17.5 Å². The van der Waals surface area contributed by atoms with Crippen LogP contribution in [0.5, 0.6) is 0 Å². The molecule has 3 nitrogen and oxygen atoms in total. The summed E-state index contributed by atoms with van der Waals surface area (Å²) in [5.41, 5.74) is 5.54. The van der Waals surface area contributed by atoms with Crippen molar-refractivity contribution in [2.24, 2.45) is 0 Å². The third-order valence-corrected chi connectivity index (χ3v) is 3.49. The number of amides is 1. The van der Waals surface area contributed by atoms with Crippen molar-refractivity contribution in [3.05, 3.63) is 57.0 Å². The number of rotatable bonds is 2. The van der Waals surface area contributed by atoms with Crippen molar-refractivity contribution in [1.82, 2.24) is 0 Å². The first kappa shape index (κ1) is 14.7. The SMILES string of the molecule is Nc1c(Cl)cccc1C(=O)Nc1cc(F)c(Br)cc1F. The Morgan fingerprint density at radius 3 is 2.65 bits per heavy atom. The predicted molar refractivity (Wildman–Crippen MR) is 77.9 cm³/mol. The number of anilines is 2. The van der Waals surface area contributed by atoms with Crippen LogP contribution in [0.4, 0.5) is 20.2 Å². The summed E-state index contributed by atoms with van der Waals surface area (Å²) in [6.07, 6.45) is 0. The molecule has 104 valence electrons. The third kappa shape index (κ3) is 2.91. The number of nitrogen functional groups attached to an aromatic ring is 1. The summed E-state index contributed by atoms with van der Waals surface area (Å²) in [4.78, 5) is 12.0. The fraction of sp³-hybridized carbons (Fsp3) is 0. The lowest BCUT2D eigenvalue weighted by atomic mass is 10.1. The van der Waals surface area contributed by atoms with Gasteiger partial charge in [0.05, 0.1) is 26.4 Å². The zero-order valence-electron chi connectivity index (χ0n) is 9.88. The van der Waals surface area contributed by atoms with Crippen molar-refractivity contribution >= 4 is 44.8 Å². The van der Waals surface area contributed by atoms with E-state index in [4.69, 9.17) is 17.3 Å². The predicted octanol–water partition coefficient (Wildman–Crippen LogP) is 4.22. The van der Waals surface area contributed by atoms with E-state index in [2.05, 4.69) is 21.2 Å². The Labute approximate surface area is 126 Å². The number of nitrogens with two attached hydrogens (primary N) is 1. The van der Waals surface area contributed by atoms with Crippen molar-refractivity contribution in [2.45, 2.75) is 0 Å². The average molecular weight is 362 g/mol. The minimum atomic E-state index is -0.771. The minimum Gasteiger partial charge on any atom is -0.397 e. The molecule has 0 aliphatic carbocycles. The molecule has 20 heavy (non-hydrogen) atoms. The zero-order chi connectivity index (χ0) is 14.9. The van der Waals surface area contributed by atoms with Crippen LogP contribution in [0.3, 0.4) is 0 Å². The van der Waals surface area contributed by atoms with Gasteiger partial charge in [-0.05, 0) is 34.1 Å². The van der Waals surface area contributed by atoms with E-state index >= 15 is 0 Å². The van der Waals surface area contributed by atoms with Crippen LogP contribution in [0.25, 0.3) is 0 Å². The molecule has 0 fully saturated rings. The molecule has 2 aromatic rings. The number of nitrogens with one attached hydrogen (secondary N) is 1. The van der Waals surface area contributed by atoms with Crippen molar-refractivity contribution in [3.63, 3.8) is 0 Å². The van der Waals surface area contributed by atoms with E-state index in [-0.39, 0.29) is 26.4 Å². The summed E-state index contributed by atoms with van der Waals surface area (Å²) in [6.45, 7) is 0. The van der Waals surface area contributed by atoms with E-state index in [1.54, 1.807) is 0 Å². The normalized spacial score (nSPS) is 10.4. The summed E-state index contributed by atoms with van der Waals surface area (Å²) >= 11 is 8.64. The van der Waals surface area contributed by atoms with Gasteiger partial charge in [-0.15, -0.1) is 0 Å². The Morgan fingerprint density at radius 1 is 1.25 bits per heavy atom. The molecular formula is C13H8BrClF2N2O. The summed E-state index contributed by atoms with van der Waals surface area (Å²) in [7, 11) is 0. The largest absolute Gasteiger partial charge is 0.397 e. The second-order valence-electron chi connectivity index (χ2n) is 3.90. The van der Waals surface area contributed by atoms with Gasteiger partial charge in [0.2, 0.25) is 0 Å². The summed E-state index contributed by atoms with van der Waals surface area (Å²) in [5, 5.41) is 2.46. The summed E-state index contributed by atoms with van der Waals surface area (Å²) < 4.78 is 26.9. The van der Waals surface area contributed by atoms with Gasteiger partial charge in [-0.3, -0.25) is 4.79 Å². The fourth-order valence-electron chi connectivity index (χ4n) is 1.54. The number of halogens is 4. The molecule has 0 heterocycles. The molecule has 3 N–H and O–H groups in total. The van der Waals surface area contributed by atoms with Crippen molar-refractivity contribution < 1.29 is 13.6 Å². The van der Waals surface area contributed by atoms with E-state index in [1.807, 2.05) is 0 Å². The van der Waals surface area contributed by atoms with Crippen molar-refractivity contribution in [1.29, 1.82) is 0 Å². The van der Waals surface area contributed by atoms with Crippen LogP contribution in [-0.2, 0) is 0 Å². The molecule has 0 saturated heterocycles. The molecule has 1 amide bonds. The first-order valence-electron chi connectivity index (χ1n) is 5.40. The molecular weight excluding hydrogens is 354 g/mol. The third-order valence-electron chi connectivity index (χ3n) is 2.56. The molecule has 0 saturated carbocycles. The maximum absolute atomic E-state index is 13.6. The number of para-hydroxylation sites is 1. The van der Waals surface area contributed by atoms with Gasteiger partial charge in [0.25, 0.3) is 5.91 Å². The van der Waals surface area contributed by atoms with Gasteiger partial charge in [-0.1, -0.05) is 17.7 Å². The molecule has 0 atom stereocenters. The Bertz CT molecular complexity index is 694. The van der Waals surface area contributed by atoms with Crippen LogP contribution in [0.15, 0.2) is 34.8 Å². The fourth-order valence-corrected chi connectivity index (χ4v) is 2.03. The van der Waals surface area contributed by atoms with Crippen LogP contribution >= 0.6 is 27.5 Å². The molecule has 2 aromatic carbocycles. The van der Waals surface area contributed by atoms with E-state index in [0.717, 1.165) is 12.1 Å². The highest BCUT2D eigenvalue weighted by Gasteiger charge is 2.15. The van der Waals surface area contributed by atoms with Gasteiger partial charge in [0.15, 0.2) is 0 Å². The van der Waals surface area contributed by atoms with Crippen molar-refractivity contribution in [2.75, 3.05) is 11.1 Å². The first-order valence-corrected chi connectivity index (χ1v) is 6.57. The van der Waals surface area contributed by atoms with Gasteiger partial charge < -0.3 is 11.1 Å². The van der Waals surface area contributed by atoms with E-state index in [9.17, 15) is 13.6 Å². The van der Waals surface area contributed by atoms with Gasteiger partial charge in [0.1, 0.15) is 11.6 Å². The Balaban J connectivity index is 2.33. The van der Waals surface area contributed by atoms with Crippen LogP contribution in [0.1, 0.15) is 10.4 Å². The molecule has 0 aliphatic heterocycles. The highest BCUT2D eigenvalue weighted by Crippen LogP contribution is 2.26. The van der Waals surface area contributed by atoms with E-state index in [1.165, 1.54) is 18.2 Å². The van der Waals surface area contributed by atoms with E-state index in [0.29, 0.717) is 0 Å². The Morgan fingerprint density at radius 2 is 1.95 bits per heavy atom. The zero-order valence-corrected chi connectivity index (χ0v) is 12.2. The lowest BCUT2D eigenvalue weighted by Gasteiger charge is -2.10. The van der Waals surface area contributed by atoms with Gasteiger partial charge in [-0.25, -0.2) is 8.78 Å². The van der Waals surface area contributed by atoms with Gasteiger partial charge >= 0.3 is 0 Å². The Hall–Kier alpha value is -1.66. The molecule has 7 heteroatoms. The number of benzene rings is 2. The van der Waals surface area contributed by atoms with Crippen LogP contribution < -0.4 is 11.1 Å². The maximum Gasteiger partial charge on any atom is 0.257 e. The second-order valence-corrected chi connectivity index (χ2v) is 5.16. The van der Waals surface area contributed by atoms with Gasteiger partial charge in [0, 0.05) is 6.07 Å². The molecule has 0 radical (unpaired) electrons. The Kier molecular flexibility index (Phi) is 4.25. The molecule has 0 unspecified atom stereocenters. The number of hydrogen-bond donors (Lipinski definition) is 2. The number of hydrogen-bond acceptors (Lipinski definition) is 2. The average Bonchev–Trinajstić information content (AvgIpc) is 2.39. The second kappa shape index (κ2) is 5.76. The summed E-state index contributed by atoms with van der Waals surface area (Å²) in [5.74, 6) is -2.14. The quantitative estimate of drug-likeness (QED) is 0.622. The molecule has 0 bridgehead atoms. The van der Waals surface area contributed by atoms with Gasteiger partial charge in [-0.2, -0.15) is 0 Å². The molecule has 2 rings (SSSR count). The first-order chi connectivity index (χ1) is 9.40. The molecule has 0 aliphatic rings. The minimum absolute atomic E-state index is 0.0322. The lowest BCUT2D eigenvalue weighted by Crippen LogP contribution is -2.15. The maximum atomic E-state index is 13.6. The van der Waals surface area contributed by atoms with Crippen LogP contribution in [0.2, 0.25) is 5.02 Å². The monoisotopic (exact) mass is 360 g/mol. The highest BCUT2D eigenvalue weighted by atomic mass is 79.9. The standard InChI is InChI=1S/C13H8BrClF2N2O/c14-7-4-10(17)11(5-9(7)16)19-13(20)6-2-1-3-8(15)12(6)18/h1-5H,18H2,(H,19,20).